The molecule has 4 heteroatoms. The van der Waals surface area contributed by atoms with Crippen LogP contribution in [0.15, 0.2) is 18.2 Å². The van der Waals surface area contributed by atoms with E-state index < -0.39 is 0 Å². The van der Waals surface area contributed by atoms with Crippen LogP contribution in [0.4, 0.5) is 5.69 Å². The smallest absolute Gasteiger partial charge is 0.0656 e. The molecule has 0 saturated heterocycles. The van der Waals surface area contributed by atoms with Crippen molar-refractivity contribution in [3.8, 4) is 0 Å². The Balaban J connectivity index is 3.12. The van der Waals surface area contributed by atoms with Crippen LogP contribution in [0.3, 0.4) is 0 Å². The van der Waals surface area contributed by atoms with Gasteiger partial charge in [0.2, 0.25) is 0 Å². The van der Waals surface area contributed by atoms with Gasteiger partial charge in [0.25, 0.3) is 0 Å². The molecule has 0 aromatic heterocycles. The van der Waals surface area contributed by atoms with Crippen LogP contribution < -0.4 is 11.5 Å². The van der Waals surface area contributed by atoms with Gasteiger partial charge >= 0.3 is 0 Å². The monoisotopic (exact) mass is 216 g/mol. The zero-order valence-electron chi connectivity index (χ0n) is 6.93. The van der Waals surface area contributed by atoms with E-state index in [1.54, 1.807) is 24.3 Å². The molecule has 13 heavy (non-hydrogen) atoms. The van der Waals surface area contributed by atoms with Crippen molar-refractivity contribution in [2.24, 2.45) is 5.73 Å². The summed E-state index contributed by atoms with van der Waals surface area (Å²) in [7, 11) is 0. The quantitative estimate of drug-likeness (QED) is 0.748. The first-order valence-electron chi connectivity index (χ1n) is 3.76. The molecule has 0 bridgehead atoms. The van der Waals surface area contributed by atoms with Gasteiger partial charge in [-0.25, -0.2) is 0 Å². The molecule has 0 spiro atoms. The summed E-state index contributed by atoms with van der Waals surface area (Å²) < 4.78 is 0. The summed E-state index contributed by atoms with van der Waals surface area (Å²) >= 11 is 11.6. The predicted molar refractivity (Wildman–Crippen MR) is 59.0 cm³/mol. The molecular formula is C9H10Cl2N2. The number of nitrogen functional groups attached to an aromatic ring is 1. The molecule has 70 valence electrons. The lowest BCUT2D eigenvalue weighted by molar-refractivity contribution is 1.26. The predicted octanol–water partition coefficient (Wildman–Crippen LogP) is 2.55. The van der Waals surface area contributed by atoms with E-state index in [2.05, 4.69) is 0 Å². The lowest BCUT2D eigenvalue weighted by Crippen LogP contribution is -1.94. The molecule has 2 nitrogen and oxygen atoms in total. The highest BCUT2D eigenvalue weighted by atomic mass is 35.5. The standard InChI is InChI=1S/C9H10Cl2N2/c10-7-4-6(2-1-3-12)9(13)8(11)5-7/h1-2,4-5H,3,12-13H2. The third kappa shape index (κ3) is 2.62. The minimum Gasteiger partial charge on any atom is -0.397 e. The fraction of sp³-hybridized carbons (Fsp3) is 0.111. The van der Waals surface area contributed by atoms with E-state index in [-0.39, 0.29) is 0 Å². The van der Waals surface area contributed by atoms with E-state index >= 15 is 0 Å². The minimum atomic E-state index is 0.462. The average molecular weight is 217 g/mol. The maximum Gasteiger partial charge on any atom is 0.0656 e. The van der Waals surface area contributed by atoms with E-state index in [0.29, 0.717) is 22.3 Å². The van der Waals surface area contributed by atoms with Crippen molar-refractivity contribution in [1.82, 2.24) is 0 Å². The Morgan fingerprint density at radius 2 is 2.00 bits per heavy atom. The summed E-state index contributed by atoms with van der Waals surface area (Å²) in [6, 6.07) is 3.35. The number of benzene rings is 1. The Hall–Kier alpha value is -0.700. The molecule has 0 radical (unpaired) electrons. The van der Waals surface area contributed by atoms with Gasteiger partial charge in [0.1, 0.15) is 0 Å². The van der Waals surface area contributed by atoms with Crippen molar-refractivity contribution in [1.29, 1.82) is 0 Å². The molecule has 4 N–H and O–H groups in total. The van der Waals surface area contributed by atoms with E-state index in [4.69, 9.17) is 34.7 Å². The van der Waals surface area contributed by atoms with Crippen LogP contribution in [0.2, 0.25) is 10.0 Å². The Bertz CT molecular complexity index is 335. The van der Waals surface area contributed by atoms with Gasteiger partial charge < -0.3 is 11.5 Å². The molecule has 1 aromatic carbocycles. The van der Waals surface area contributed by atoms with Crippen LogP contribution in [0.1, 0.15) is 5.56 Å². The van der Waals surface area contributed by atoms with E-state index in [1.807, 2.05) is 0 Å². The highest BCUT2D eigenvalue weighted by Gasteiger charge is 2.02. The zero-order valence-corrected chi connectivity index (χ0v) is 8.44. The van der Waals surface area contributed by atoms with Gasteiger partial charge in [-0.1, -0.05) is 35.4 Å². The number of nitrogens with two attached hydrogens (primary N) is 2. The fourth-order valence-corrected chi connectivity index (χ4v) is 1.45. The number of hydrogen-bond acceptors (Lipinski definition) is 2. The Kier molecular flexibility index (Phi) is 3.60. The molecule has 0 aliphatic carbocycles. The summed E-state index contributed by atoms with van der Waals surface area (Å²) in [5.74, 6) is 0. The lowest BCUT2D eigenvalue weighted by atomic mass is 10.1. The first-order valence-corrected chi connectivity index (χ1v) is 4.52. The molecule has 0 fully saturated rings. The van der Waals surface area contributed by atoms with Crippen molar-refractivity contribution in [3.05, 3.63) is 33.8 Å². The van der Waals surface area contributed by atoms with E-state index in [0.717, 1.165) is 5.56 Å². The van der Waals surface area contributed by atoms with Gasteiger partial charge in [-0.15, -0.1) is 0 Å². The molecule has 0 saturated carbocycles. The van der Waals surface area contributed by atoms with Gasteiger partial charge in [-0.2, -0.15) is 0 Å². The molecule has 1 aromatic rings. The Labute approximate surface area is 87.1 Å². The van der Waals surface area contributed by atoms with E-state index in [9.17, 15) is 0 Å². The van der Waals surface area contributed by atoms with Gasteiger partial charge in [-0.05, 0) is 12.1 Å². The highest BCUT2D eigenvalue weighted by Crippen LogP contribution is 2.28. The maximum atomic E-state index is 5.82. The Morgan fingerprint density at radius 1 is 1.31 bits per heavy atom. The van der Waals surface area contributed by atoms with Gasteiger partial charge in [0.05, 0.1) is 10.7 Å². The second-order valence-corrected chi connectivity index (χ2v) is 3.37. The SMILES string of the molecule is NCC=Cc1cc(Cl)cc(Cl)c1N. The average Bonchev–Trinajstić information content (AvgIpc) is 2.09. The second-order valence-electron chi connectivity index (χ2n) is 2.53. The number of hydrogen-bond donors (Lipinski definition) is 2. The van der Waals surface area contributed by atoms with Crippen molar-refractivity contribution >= 4 is 35.0 Å². The Morgan fingerprint density at radius 3 is 2.62 bits per heavy atom. The normalized spacial score (nSPS) is 11.0. The van der Waals surface area contributed by atoms with Gasteiger partial charge in [0.15, 0.2) is 0 Å². The summed E-state index contributed by atoms with van der Waals surface area (Å²) in [4.78, 5) is 0. The highest BCUT2D eigenvalue weighted by molar-refractivity contribution is 6.36. The topological polar surface area (TPSA) is 52.0 Å². The largest absolute Gasteiger partial charge is 0.397 e. The third-order valence-corrected chi connectivity index (χ3v) is 2.09. The number of rotatable bonds is 2. The maximum absolute atomic E-state index is 5.82. The molecule has 1 rings (SSSR count). The van der Waals surface area contributed by atoms with Crippen molar-refractivity contribution in [2.75, 3.05) is 12.3 Å². The lowest BCUT2D eigenvalue weighted by Gasteiger charge is -2.03. The molecule has 0 amide bonds. The van der Waals surface area contributed by atoms with Gasteiger partial charge in [0, 0.05) is 17.1 Å². The van der Waals surface area contributed by atoms with Crippen molar-refractivity contribution in [3.63, 3.8) is 0 Å². The number of halogens is 2. The summed E-state index contributed by atoms with van der Waals surface area (Å²) in [5, 5.41) is 1.03. The second kappa shape index (κ2) is 4.51. The molecule has 0 heterocycles. The first kappa shape index (κ1) is 10.4. The molecule has 0 aliphatic heterocycles. The van der Waals surface area contributed by atoms with Crippen LogP contribution >= 0.6 is 23.2 Å². The molecule has 0 atom stereocenters. The summed E-state index contributed by atoms with van der Waals surface area (Å²) in [6.07, 6.45) is 3.59. The summed E-state index contributed by atoms with van der Waals surface area (Å²) in [6.45, 7) is 0.462. The van der Waals surface area contributed by atoms with Gasteiger partial charge in [-0.3, -0.25) is 0 Å². The molecule has 0 aliphatic rings. The minimum absolute atomic E-state index is 0.462. The third-order valence-electron chi connectivity index (χ3n) is 1.56. The van der Waals surface area contributed by atoms with Crippen LogP contribution in [-0.4, -0.2) is 6.54 Å². The number of anilines is 1. The molecular weight excluding hydrogens is 207 g/mol. The summed E-state index contributed by atoms with van der Waals surface area (Å²) in [5.41, 5.74) is 12.3. The first-order chi connectivity index (χ1) is 6.15. The fourth-order valence-electron chi connectivity index (χ4n) is 0.938. The van der Waals surface area contributed by atoms with Crippen LogP contribution in [-0.2, 0) is 0 Å². The van der Waals surface area contributed by atoms with Crippen molar-refractivity contribution in [2.45, 2.75) is 0 Å². The molecule has 0 unspecified atom stereocenters. The zero-order chi connectivity index (χ0) is 9.84. The van der Waals surface area contributed by atoms with E-state index in [1.165, 1.54) is 0 Å². The van der Waals surface area contributed by atoms with Crippen LogP contribution in [0.25, 0.3) is 6.08 Å². The van der Waals surface area contributed by atoms with Crippen molar-refractivity contribution < 1.29 is 0 Å². The van der Waals surface area contributed by atoms with Crippen LogP contribution in [0, 0.1) is 0 Å². The van der Waals surface area contributed by atoms with Crippen LogP contribution in [0.5, 0.6) is 0 Å².